The van der Waals surface area contributed by atoms with Gasteiger partial charge >= 0.3 is 0 Å². The maximum absolute atomic E-state index is 2.40. The Bertz CT molecular complexity index is 2930. The molecular formula is C57H44N2. The van der Waals surface area contributed by atoms with E-state index in [-0.39, 0.29) is 5.41 Å². The largest absolute Gasteiger partial charge is 0.310 e. The van der Waals surface area contributed by atoms with Gasteiger partial charge in [0.1, 0.15) is 0 Å². The predicted octanol–water partition coefficient (Wildman–Crippen LogP) is 15.9. The van der Waals surface area contributed by atoms with Crippen molar-refractivity contribution in [3.63, 3.8) is 0 Å². The van der Waals surface area contributed by atoms with E-state index in [1.807, 2.05) is 0 Å². The fraction of sp³-hybridized carbons (Fsp3) is 0.0526. The van der Waals surface area contributed by atoms with Gasteiger partial charge < -0.3 is 9.80 Å². The summed E-state index contributed by atoms with van der Waals surface area (Å²) in [5.74, 6) is 0. The van der Waals surface area contributed by atoms with Crippen molar-refractivity contribution in [1.82, 2.24) is 0 Å². The van der Waals surface area contributed by atoms with E-state index < -0.39 is 0 Å². The summed E-state index contributed by atoms with van der Waals surface area (Å²) in [6, 6.07) is 78.9. The molecule has 0 spiro atoms. The molecule has 0 saturated heterocycles. The second-order valence-electron chi connectivity index (χ2n) is 15.9. The van der Waals surface area contributed by atoms with Crippen molar-refractivity contribution in [2.45, 2.75) is 19.3 Å². The van der Waals surface area contributed by atoms with E-state index >= 15 is 0 Å². The molecule has 0 N–H and O–H groups in total. The second-order valence-corrected chi connectivity index (χ2v) is 15.9. The zero-order valence-electron chi connectivity index (χ0n) is 33.3. The van der Waals surface area contributed by atoms with Crippen molar-refractivity contribution in [2.75, 3.05) is 9.80 Å². The lowest BCUT2D eigenvalue weighted by Crippen LogP contribution is -2.16. The van der Waals surface area contributed by atoms with Gasteiger partial charge in [-0.2, -0.15) is 0 Å². The summed E-state index contributed by atoms with van der Waals surface area (Å²) in [5.41, 5.74) is 16.8. The van der Waals surface area contributed by atoms with Gasteiger partial charge in [-0.25, -0.2) is 0 Å². The minimum Gasteiger partial charge on any atom is -0.310 e. The molecule has 0 atom stereocenters. The molecule has 0 radical (unpaired) electrons. The zero-order valence-corrected chi connectivity index (χ0v) is 33.3. The van der Waals surface area contributed by atoms with Crippen LogP contribution in [0, 0.1) is 0 Å². The molecule has 0 aromatic heterocycles. The Morgan fingerprint density at radius 1 is 0.322 bits per heavy atom. The highest BCUT2D eigenvalue weighted by molar-refractivity contribution is 5.90. The smallest absolute Gasteiger partial charge is 0.0468 e. The van der Waals surface area contributed by atoms with Gasteiger partial charge in [0.15, 0.2) is 0 Å². The van der Waals surface area contributed by atoms with Crippen LogP contribution in [-0.4, -0.2) is 0 Å². The Hall–Kier alpha value is -7.42. The van der Waals surface area contributed by atoms with Crippen molar-refractivity contribution < 1.29 is 0 Å². The standard InChI is InChI=1S/C57H44N2/c1-57(2)55-20-12-11-19-53(55)54-38-37-52(40-56(54)57)59(50-34-27-45(28-35-50)43-13-5-3-6-14-43)49-32-25-42(26-33-49)22-21-41-23-30-48(31-24-41)58(47-17-7-4-8-18-47)51-36-29-44-15-9-10-16-46(44)39-51/h3-40H,1-2H3/b22-21+. The highest BCUT2D eigenvalue weighted by atomic mass is 15.1. The molecule has 1 aliphatic rings. The second kappa shape index (κ2) is 15.2. The first-order valence-electron chi connectivity index (χ1n) is 20.4. The summed E-state index contributed by atoms with van der Waals surface area (Å²) in [7, 11) is 0. The average Bonchev–Trinajstić information content (AvgIpc) is 3.53. The van der Waals surface area contributed by atoms with Gasteiger partial charge in [0.05, 0.1) is 0 Å². The SMILES string of the molecule is CC1(C)c2ccccc2-c2ccc(N(c3ccc(/C=C/c4ccc(N(c5ccccc5)c5ccc6ccccc6c5)cc4)cc3)c3ccc(-c4ccccc4)cc3)cc21. The van der Waals surface area contributed by atoms with Crippen molar-refractivity contribution in [3.8, 4) is 22.3 Å². The van der Waals surface area contributed by atoms with Gasteiger partial charge in [-0.05, 0) is 128 Å². The lowest BCUT2D eigenvalue weighted by Gasteiger charge is -2.28. The Morgan fingerprint density at radius 2 is 0.763 bits per heavy atom. The van der Waals surface area contributed by atoms with Crippen LogP contribution in [-0.2, 0) is 5.41 Å². The summed E-state index contributed by atoms with van der Waals surface area (Å²) in [5, 5.41) is 2.46. The van der Waals surface area contributed by atoms with E-state index in [2.05, 4.69) is 254 Å². The molecule has 10 rings (SSSR count). The van der Waals surface area contributed by atoms with Crippen molar-refractivity contribution in [1.29, 1.82) is 0 Å². The molecule has 59 heavy (non-hydrogen) atoms. The average molecular weight is 757 g/mol. The van der Waals surface area contributed by atoms with Crippen LogP contribution in [0.1, 0.15) is 36.1 Å². The first-order valence-corrected chi connectivity index (χ1v) is 20.4. The first kappa shape index (κ1) is 36.0. The van der Waals surface area contributed by atoms with Crippen molar-refractivity contribution in [3.05, 3.63) is 241 Å². The minimum atomic E-state index is -0.0894. The van der Waals surface area contributed by atoms with E-state index in [0.29, 0.717) is 0 Å². The number of nitrogens with zero attached hydrogens (tertiary/aromatic N) is 2. The summed E-state index contributed by atoms with van der Waals surface area (Å²) in [6.45, 7) is 4.69. The van der Waals surface area contributed by atoms with Crippen LogP contribution in [0.4, 0.5) is 34.1 Å². The van der Waals surface area contributed by atoms with Gasteiger partial charge in [-0.1, -0.05) is 172 Å². The summed E-state index contributed by atoms with van der Waals surface area (Å²) >= 11 is 0. The van der Waals surface area contributed by atoms with Crippen LogP contribution in [0.15, 0.2) is 218 Å². The molecule has 0 heterocycles. The van der Waals surface area contributed by atoms with Gasteiger partial charge in [0.25, 0.3) is 0 Å². The number of hydrogen-bond donors (Lipinski definition) is 0. The normalized spacial score (nSPS) is 12.6. The van der Waals surface area contributed by atoms with Gasteiger partial charge in [0.2, 0.25) is 0 Å². The number of hydrogen-bond acceptors (Lipinski definition) is 2. The van der Waals surface area contributed by atoms with Crippen LogP contribution >= 0.6 is 0 Å². The topological polar surface area (TPSA) is 6.48 Å². The maximum Gasteiger partial charge on any atom is 0.0468 e. The molecule has 0 fully saturated rings. The molecule has 0 bridgehead atoms. The monoisotopic (exact) mass is 756 g/mol. The van der Waals surface area contributed by atoms with E-state index in [0.717, 1.165) is 45.3 Å². The molecule has 1 aliphatic carbocycles. The highest BCUT2D eigenvalue weighted by Gasteiger charge is 2.35. The fourth-order valence-electron chi connectivity index (χ4n) is 8.71. The van der Waals surface area contributed by atoms with E-state index in [1.54, 1.807) is 0 Å². The van der Waals surface area contributed by atoms with E-state index in [4.69, 9.17) is 0 Å². The van der Waals surface area contributed by atoms with Gasteiger partial charge in [-0.15, -0.1) is 0 Å². The molecule has 0 amide bonds. The molecule has 9 aromatic rings. The maximum atomic E-state index is 2.40. The minimum absolute atomic E-state index is 0.0894. The quantitative estimate of drug-likeness (QED) is 0.135. The third-order valence-electron chi connectivity index (χ3n) is 11.8. The lowest BCUT2D eigenvalue weighted by molar-refractivity contribution is 0.660. The van der Waals surface area contributed by atoms with Gasteiger partial charge in [-0.3, -0.25) is 0 Å². The number of rotatable bonds is 9. The predicted molar refractivity (Wildman–Crippen MR) is 252 cm³/mol. The molecule has 2 nitrogen and oxygen atoms in total. The van der Waals surface area contributed by atoms with Crippen LogP contribution < -0.4 is 9.80 Å². The van der Waals surface area contributed by atoms with Crippen molar-refractivity contribution >= 4 is 57.0 Å². The van der Waals surface area contributed by atoms with E-state index in [1.165, 1.54) is 44.2 Å². The number of fused-ring (bicyclic) bond motifs is 4. The Morgan fingerprint density at radius 3 is 1.41 bits per heavy atom. The third-order valence-corrected chi connectivity index (χ3v) is 11.8. The highest BCUT2D eigenvalue weighted by Crippen LogP contribution is 2.50. The summed E-state index contributed by atoms with van der Waals surface area (Å²) in [4.78, 5) is 4.70. The van der Waals surface area contributed by atoms with Crippen LogP contribution in [0.25, 0.3) is 45.2 Å². The van der Waals surface area contributed by atoms with Crippen LogP contribution in [0.2, 0.25) is 0 Å². The molecule has 0 unspecified atom stereocenters. The number of anilines is 6. The fourth-order valence-corrected chi connectivity index (χ4v) is 8.71. The Kier molecular flexibility index (Phi) is 9.24. The molecule has 9 aromatic carbocycles. The molecule has 282 valence electrons. The summed E-state index contributed by atoms with van der Waals surface area (Å²) in [6.07, 6.45) is 4.40. The Labute approximate surface area is 347 Å². The molecule has 0 aliphatic heterocycles. The van der Waals surface area contributed by atoms with Crippen LogP contribution in [0.5, 0.6) is 0 Å². The molecular weight excluding hydrogens is 713 g/mol. The summed E-state index contributed by atoms with van der Waals surface area (Å²) < 4.78 is 0. The first-order chi connectivity index (χ1) is 29.0. The van der Waals surface area contributed by atoms with E-state index in [9.17, 15) is 0 Å². The number of benzene rings is 9. The van der Waals surface area contributed by atoms with Crippen molar-refractivity contribution in [2.24, 2.45) is 0 Å². The Balaban J connectivity index is 0.947. The zero-order chi connectivity index (χ0) is 39.8. The third kappa shape index (κ3) is 6.89. The molecule has 0 saturated carbocycles. The molecule has 2 heteroatoms. The lowest BCUT2D eigenvalue weighted by atomic mass is 9.82. The number of para-hydroxylation sites is 1. The van der Waals surface area contributed by atoms with Gasteiger partial charge in [0, 0.05) is 39.5 Å². The van der Waals surface area contributed by atoms with Crippen LogP contribution in [0.3, 0.4) is 0 Å².